The summed E-state index contributed by atoms with van der Waals surface area (Å²) >= 11 is 0. The van der Waals surface area contributed by atoms with Gasteiger partial charge in [-0.05, 0) is 46.6 Å². The number of hydrogen-bond donors (Lipinski definition) is 1. The third-order valence-corrected chi connectivity index (χ3v) is 3.17. The van der Waals surface area contributed by atoms with E-state index in [0.29, 0.717) is 12.2 Å². The molecule has 17 heavy (non-hydrogen) atoms. The number of unbranched alkanes of at least 4 members (excludes halogenated alkanes) is 1. The van der Waals surface area contributed by atoms with Gasteiger partial charge in [-0.2, -0.15) is 5.26 Å². The molecule has 1 saturated heterocycles. The molecule has 0 radical (unpaired) electrons. The van der Waals surface area contributed by atoms with Crippen molar-refractivity contribution in [1.29, 1.82) is 5.26 Å². The van der Waals surface area contributed by atoms with E-state index in [9.17, 15) is 0 Å². The molecule has 2 N–H and O–H groups in total. The molecule has 1 rings (SSSR count). The van der Waals surface area contributed by atoms with Gasteiger partial charge in [-0.15, -0.1) is 0 Å². The van der Waals surface area contributed by atoms with Crippen molar-refractivity contribution in [3.63, 3.8) is 0 Å². The average molecular weight is 239 g/mol. The van der Waals surface area contributed by atoms with Crippen molar-refractivity contribution in [2.24, 2.45) is 5.73 Å². The first-order valence-corrected chi connectivity index (χ1v) is 6.51. The molecule has 1 aliphatic rings. The van der Waals surface area contributed by atoms with Gasteiger partial charge in [0.15, 0.2) is 0 Å². The Bertz CT molecular complexity index is 262. The van der Waals surface area contributed by atoms with Crippen molar-refractivity contribution in [2.75, 3.05) is 19.6 Å². The Morgan fingerprint density at radius 1 is 1.35 bits per heavy atom. The molecule has 0 aliphatic carbocycles. The summed E-state index contributed by atoms with van der Waals surface area (Å²) in [7, 11) is 0. The van der Waals surface area contributed by atoms with Gasteiger partial charge in [-0.3, -0.25) is 4.90 Å². The lowest BCUT2D eigenvalue weighted by molar-refractivity contribution is -0.0682. The molecule has 98 valence electrons. The van der Waals surface area contributed by atoms with Crippen LogP contribution in [0.5, 0.6) is 0 Å². The molecule has 0 saturated carbocycles. The van der Waals surface area contributed by atoms with Gasteiger partial charge in [0.25, 0.3) is 0 Å². The molecule has 0 aromatic carbocycles. The topological polar surface area (TPSA) is 62.3 Å². The molecule has 1 heterocycles. The SMILES string of the molecule is C[C@@H]1CN(CCCCC(C)(N)C#N)C[C@H](C)O1. The van der Waals surface area contributed by atoms with Crippen LogP contribution in [0, 0.1) is 11.3 Å². The van der Waals surface area contributed by atoms with Crippen molar-refractivity contribution >= 4 is 0 Å². The summed E-state index contributed by atoms with van der Waals surface area (Å²) in [5.74, 6) is 0. The van der Waals surface area contributed by atoms with Crippen LogP contribution in [0.15, 0.2) is 0 Å². The van der Waals surface area contributed by atoms with Gasteiger partial charge in [-0.25, -0.2) is 0 Å². The van der Waals surface area contributed by atoms with Gasteiger partial charge >= 0.3 is 0 Å². The fraction of sp³-hybridized carbons (Fsp3) is 0.923. The minimum atomic E-state index is -0.661. The first-order chi connectivity index (χ1) is 7.93. The maximum atomic E-state index is 8.81. The van der Waals surface area contributed by atoms with E-state index in [2.05, 4.69) is 24.8 Å². The van der Waals surface area contributed by atoms with Crippen LogP contribution >= 0.6 is 0 Å². The number of nitrogens with two attached hydrogens (primary N) is 1. The van der Waals surface area contributed by atoms with Crippen molar-refractivity contribution in [3.05, 3.63) is 0 Å². The second-order valence-electron chi connectivity index (χ2n) is 5.50. The quantitative estimate of drug-likeness (QED) is 0.739. The lowest BCUT2D eigenvalue weighted by atomic mass is 9.98. The molecule has 0 amide bonds. The Kier molecular flexibility index (Phi) is 5.38. The number of hydrogen-bond acceptors (Lipinski definition) is 4. The fourth-order valence-corrected chi connectivity index (χ4v) is 2.35. The molecular weight excluding hydrogens is 214 g/mol. The zero-order valence-electron chi connectivity index (χ0n) is 11.3. The van der Waals surface area contributed by atoms with Gasteiger partial charge in [0.05, 0.1) is 18.3 Å². The fourth-order valence-electron chi connectivity index (χ4n) is 2.35. The highest BCUT2D eigenvalue weighted by atomic mass is 16.5. The molecule has 0 aromatic heterocycles. The minimum absolute atomic E-state index is 0.331. The molecule has 0 bridgehead atoms. The third-order valence-electron chi connectivity index (χ3n) is 3.17. The molecule has 0 spiro atoms. The van der Waals surface area contributed by atoms with E-state index in [-0.39, 0.29) is 0 Å². The van der Waals surface area contributed by atoms with E-state index in [1.807, 2.05) is 0 Å². The highest BCUT2D eigenvalue weighted by Crippen LogP contribution is 2.13. The first-order valence-electron chi connectivity index (χ1n) is 6.51. The summed E-state index contributed by atoms with van der Waals surface area (Å²) in [5.41, 5.74) is 5.12. The zero-order valence-corrected chi connectivity index (χ0v) is 11.3. The van der Waals surface area contributed by atoms with Crippen molar-refractivity contribution < 1.29 is 4.74 Å². The van der Waals surface area contributed by atoms with E-state index in [0.717, 1.165) is 38.9 Å². The largest absolute Gasteiger partial charge is 0.373 e. The summed E-state index contributed by atoms with van der Waals surface area (Å²) in [6, 6.07) is 2.14. The number of nitriles is 1. The second kappa shape index (κ2) is 6.34. The van der Waals surface area contributed by atoms with Crippen molar-refractivity contribution in [1.82, 2.24) is 4.90 Å². The van der Waals surface area contributed by atoms with Crippen LogP contribution in [0.25, 0.3) is 0 Å². The Hall–Kier alpha value is -0.630. The van der Waals surface area contributed by atoms with Crippen LogP contribution < -0.4 is 5.73 Å². The van der Waals surface area contributed by atoms with E-state index < -0.39 is 5.54 Å². The third kappa shape index (κ3) is 5.49. The van der Waals surface area contributed by atoms with Gasteiger partial charge in [-0.1, -0.05) is 0 Å². The zero-order chi connectivity index (χ0) is 12.9. The maximum Gasteiger partial charge on any atom is 0.101 e. The summed E-state index contributed by atoms with van der Waals surface area (Å²) in [5, 5.41) is 8.81. The average Bonchev–Trinajstić information content (AvgIpc) is 2.23. The molecule has 0 aromatic rings. The summed E-state index contributed by atoms with van der Waals surface area (Å²) < 4.78 is 5.69. The lowest BCUT2D eigenvalue weighted by Gasteiger charge is -2.35. The Balaban J connectivity index is 2.17. The molecule has 1 fully saturated rings. The van der Waals surface area contributed by atoms with Crippen LogP contribution in [0.3, 0.4) is 0 Å². The first kappa shape index (κ1) is 14.4. The van der Waals surface area contributed by atoms with Crippen LogP contribution in [-0.2, 0) is 4.74 Å². The number of rotatable bonds is 5. The van der Waals surface area contributed by atoms with Crippen LogP contribution in [0.4, 0.5) is 0 Å². The summed E-state index contributed by atoms with van der Waals surface area (Å²) in [6.07, 6.45) is 3.56. The summed E-state index contributed by atoms with van der Waals surface area (Å²) in [6.45, 7) is 9.15. The van der Waals surface area contributed by atoms with Crippen LogP contribution in [0.1, 0.15) is 40.0 Å². The van der Waals surface area contributed by atoms with Crippen molar-refractivity contribution in [3.8, 4) is 6.07 Å². The predicted molar refractivity (Wildman–Crippen MR) is 68.5 cm³/mol. The summed E-state index contributed by atoms with van der Waals surface area (Å²) in [4.78, 5) is 2.44. The smallest absolute Gasteiger partial charge is 0.101 e. The minimum Gasteiger partial charge on any atom is -0.373 e. The second-order valence-corrected chi connectivity index (χ2v) is 5.50. The van der Waals surface area contributed by atoms with E-state index in [1.54, 1.807) is 6.92 Å². The Morgan fingerprint density at radius 3 is 2.47 bits per heavy atom. The molecule has 4 nitrogen and oxygen atoms in total. The highest BCUT2D eigenvalue weighted by Gasteiger charge is 2.22. The van der Waals surface area contributed by atoms with Crippen LogP contribution in [0.2, 0.25) is 0 Å². The van der Waals surface area contributed by atoms with Gasteiger partial charge in [0, 0.05) is 13.1 Å². The van der Waals surface area contributed by atoms with Crippen molar-refractivity contribution in [2.45, 2.75) is 57.8 Å². The number of ether oxygens (including phenoxy) is 1. The van der Waals surface area contributed by atoms with Gasteiger partial charge in [0.1, 0.15) is 5.54 Å². The van der Waals surface area contributed by atoms with Gasteiger partial charge in [0.2, 0.25) is 0 Å². The monoisotopic (exact) mass is 239 g/mol. The predicted octanol–water partition coefficient (Wildman–Crippen LogP) is 1.51. The normalized spacial score (nSPS) is 29.6. The number of nitrogens with zero attached hydrogens (tertiary/aromatic N) is 2. The van der Waals surface area contributed by atoms with Crippen LogP contribution in [-0.4, -0.2) is 42.3 Å². The Labute approximate surface area is 105 Å². The highest BCUT2D eigenvalue weighted by molar-refractivity contribution is 5.00. The molecule has 4 heteroatoms. The molecule has 3 atom stereocenters. The molecular formula is C13H25N3O. The molecule has 1 aliphatic heterocycles. The maximum absolute atomic E-state index is 8.81. The molecule has 1 unspecified atom stereocenters. The van der Waals surface area contributed by atoms with Gasteiger partial charge < -0.3 is 10.5 Å². The van der Waals surface area contributed by atoms with E-state index in [4.69, 9.17) is 15.7 Å². The number of morpholine rings is 1. The van der Waals surface area contributed by atoms with E-state index >= 15 is 0 Å². The van der Waals surface area contributed by atoms with E-state index in [1.165, 1.54) is 0 Å². The Morgan fingerprint density at radius 2 is 1.94 bits per heavy atom. The standard InChI is InChI=1S/C13H25N3O/c1-11-8-16(9-12(2)17-11)7-5-4-6-13(3,15)10-14/h11-12H,4-9,15H2,1-3H3/t11-,12+,13?. The lowest BCUT2D eigenvalue weighted by Crippen LogP contribution is -2.45.